The van der Waals surface area contributed by atoms with E-state index in [1.54, 1.807) is 0 Å². The molecule has 0 unspecified atom stereocenters. The quantitative estimate of drug-likeness (QED) is 0.152. The molecule has 0 spiro atoms. The molecule has 0 radical (unpaired) electrons. The van der Waals surface area contributed by atoms with Gasteiger partial charge in [0.05, 0.1) is 61.2 Å². The standard InChI is InChI=1S/2C45H36N4/c1-27-17-20-42-37(23-27)35-13-6-8-15-40(35)48(42)34-12-10-11-32(25-34)33-19-22-44(39(26-33)45-29(3)30(4)46-31(5)47-45)49-41-16-9-7-14-36(41)38-24-28(2)18-21-43(38)49;1-27-17-20-42-37(23-27)35-13-6-8-15-40(35)48(42)34-12-10-11-32(25-34)33-19-22-44(39(26-33)45-46-30(4)29(3)31(5)47-45)49-41-16-9-7-14-36(41)38-24-28(2)18-21-43(38)49/h2*6-26H,1-5H3. The van der Waals surface area contributed by atoms with Crippen molar-refractivity contribution in [2.75, 3.05) is 0 Å². The van der Waals surface area contributed by atoms with Crippen LogP contribution in [0.2, 0.25) is 0 Å². The molecule has 98 heavy (non-hydrogen) atoms. The molecule has 0 amide bonds. The molecule has 0 fully saturated rings. The molecule has 8 nitrogen and oxygen atoms in total. The zero-order chi connectivity index (χ0) is 66.8. The summed E-state index contributed by atoms with van der Waals surface area (Å²) in [7, 11) is 0. The molecule has 472 valence electrons. The summed E-state index contributed by atoms with van der Waals surface area (Å²) < 4.78 is 9.57. The molecule has 0 bridgehead atoms. The van der Waals surface area contributed by atoms with E-state index in [0.29, 0.717) is 0 Å². The highest BCUT2D eigenvalue weighted by molar-refractivity contribution is 6.13. The fourth-order valence-electron chi connectivity index (χ4n) is 15.2. The Morgan fingerprint density at radius 2 is 0.571 bits per heavy atom. The lowest BCUT2D eigenvalue weighted by atomic mass is 9.97. The summed E-state index contributed by atoms with van der Waals surface area (Å²) in [5.41, 5.74) is 31.8. The minimum atomic E-state index is 0.740. The highest BCUT2D eigenvalue weighted by atomic mass is 15.0. The largest absolute Gasteiger partial charge is 0.309 e. The number of para-hydroxylation sites is 4. The maximum atomic E-state index is 5.09. The van der Waals surface area contributed by atoms with Crippen LogP contribution in [0.1, 0.15) is 56.3 Å². The van der Waals surface area contributed by atoms with Gasteiger partial charge in [0, 0.05) is 82.7 Å². The van der Waals surface area contributed by atoms with Crippen molar-refractivity contribution in [3.05, 3.63) is 311 Å². The van der Waals surface area contributed by atoms with Crippen molar-refractivity contribution in [3.8, 4) is 67.6 Å². The summed E-state index contributed by atoms with van der Waals surface area (Å²) in [5, 5.41) is 10.1. The lowest BCUT2D eigenvalue weighted by Crippen LogP contribution is -2.03. The van der Waals surface area contributed by atoms with Crippen molar-refractivity contribution in [2.24, 2.45) is 0 Å². The predicted octanol–water partition coefficient (Wildman–Crippen LogP) is 23.1. The van der Waals surface area contributed by atoms with E-state index in [1.807, 2.05) is 6.92 Å². The molecule has 0 N–H and O–H groups in total. The van der Waals surface area contributed by atoms with Crippen molar-refractivity contribution in [1.82, 2.24) is 38.2 Å². The number of rotatable bonds is 8. The maximum Gasteiger partial charge on any atom is 0.161 e. The van der Waals surface area contributed by atoms with E-state index in [9.17, 15) is 0 Å². The Morgan fingerprint density at radius 3 is 0.990 bits per heavy atom. The zero-order valence-corrected chi connectivity index (χ0v) is 56.8. The Kier molecular flexibility index (Phi) is 14.3. The van der Waals surface area contributed by atoms with Crippen LogP contribution < -0.4 is 0 Å². The fourth-order valence-corrected chi connectivity index (χ4v) is 15.2. The normalized spacial score (nSPS) is 11.8. The second-order valence-corrected chi connectivity index (χ2v) is 26.7. The van der Waals surface area contributed by atoms with E-state index in [1.165, 1.54) is 109 Å². The van der Waals surface area contributed by atoms with Gasteiger partial charge in [-0.2, -0.15) is 0 Å². The Hall–Kier alpha value is -12.0. The molecule has 0 atom stereocenters. The molecule has 0 saturated heterocycles. The van der Waals surface area contributed by atoms with Gasteiger partial charge in [-0.1, -0.05) is 156 Å². The highest BCUT2D eigenvalue weighted by Crippen LogP contribution is 2.43. The van der Waals surface area contributed by atoms with E-state index in [-0.39, 0.29) is 0 Å². The van der Waals surface area contributed by atoms with Gasteiger partial charge in [-0.15, -0.1) is 0 Å². The number of nitrogens with zero attached hydrogens (tertiary/aromatic N) is 8. The molecule has 18 rings (SSSR count). The van der Waals surface area contributed by atoms with Gasteiger partial charge in [-0.25, -0.2) is 19.9 Å². The first-order chi connectivity index (χ1) is 47.7. The van der Waals surface area contributed by atoms with E-state index in [4.69, 9.17) is 19.9 Å². The van der Waals surface area contributed by atoms with Crippen molar-refractivity contribution in [3.63, 3.8) is 0 Å². The van der Waals surface area contributed by atoms with Crippen molar-refractivity contribution >= 4 is 87.2 Å². The van der Waals surface area contributed by atoms with E-state index in [2.05, 4.69) is 335 Å². The average Bonchev–Trinajstić information content (AvgIpc) is 1.58. The molecular formula is C90H72N8. The number of aromatic nitrogens is 8. The van der Waals surface area contributed by atoms with Crippen LogP contribution in [0.15, 0.2) is 255 Å². The van der Waals surface area contributed by atoms with Gasteiger partial charge in [0.25, 0.3) is 0 Å². The Morgan fingerprint density at radius 1 is 0.235 bits per heavy atom. The predicted molar refractivity (Wildman–Crippen MR) is 411 cm³/mol. The van der Waals surface area contributed by atoms with Crippen LogP contribution >= 0.6 is 0 Å². The summed E-state index contributed by atoms with van der Waals surface area (Å²) in [4.78, 5) is 20.0. The van der Waals surface area contributed by atoms with Crippen molar-refractivity contribution < 1.29 is 0 Å². The fraction of sp³-hybridized carbons (Fsp3) is 0.111. The van der Waals surface area contributed by atoms with Crippen LogP contribution in [0.5, 0.6) is 0 Å². The molecule has 18 aromatic rings. The molecule has 0 aliphatic carbocycles. The number of aryl methyl sites for hydroxylation is 8. The number of benzene rings is 12. The summed E-state index contributed by atoms with van der Waals surface area (Å²) >= 11 is 0. The minimum absolute atomic E-state index is 0.740. The molecule has 8 heteroatoms. The van der Waals surface area contributed by atoms with Gasteiger partial charge >= 0.3 is 0 Å². The second kappa shape index (κ2) is 23.4. The highest BCUT2D eigenvalue weighted by Gasteiger charge is 2.24. The van der Waals surface area contributed by atoms with Crippen LogP contribution in [-0.2, 0) is 0 Å². The van der Waals surface area contributed by atoms with Crippen LogP contribution in [-0.4, -0.2) is 38.2 Å². The van der Waals surface area contributed by atoms with Crippen molar-refractivity contribution in [1.29, 1.82) is 0 Å². The molecule has 0 aliphatic rings. The van der Waals surface area contributed by atoms with Gasteiger partial charge in [0.15, 0.2) is 5.82 Å². The maximum absolute atomic E-state index is 5.09. The summed E-state index contributed by atoms with van der Waals surface area (Å²) in [6.45, 7) is 21.1. The van der Waals surface area contributed by atoms with Gasteiger partial charge in [-0.05, 0) is 224 Å². The zero-order valence-electron chi connectivity index (χ0n) is 56.8. The SMILES string of the molecule is Cc1ccc2c(c1)c1ccccc1n2-c1cccc(-c2ccc(-n3c4ccccc4c4cc(C)ccc43)c(-c3nc(C)c(C)c(C)n3)c2)c1.Cc1ccc2c(c1)c1ccccc1n2-c1cccc(-c2ccc(-n3c4ccccc4c4cc(C)ccc43)c(-c3nc(C)nc(C)c3C)c2)c1. The van der Waals surface area contributed by atoms with Gasteiger partial charge < -0.3 is 18.3 Å². The van der Waals surface area contributed by atoms with E-state index >= 15 is 0 Å². The third kappa shape index (κ3) is 9.88. The van der Waals surface area contributed by atoms with Gasteiger partial charge in [-0.3, -0.25) is 0 Å². The summed E-state index contributed by atoms with van der Waals surface area (Å²) in [6.07, 6.45) is 0. The Bertz CT molecular complexity index is 6300. The number of fused-ring (bicyclic) bond motifs is 12. The Balaban J connectivity index is 0.000000147. The number of hydrogen-bond acceptors (Lipinski definition) is 4. The second-order valence-electron chi connectivity index (χ2n) is 26.7. The Labute approximate surface area is 570 Å². The molecule has 0 aliphatic heterocycles. The summed E-state index contributed by atoms with van der Waals surface area (Å²) in [6, 6.07) is 93.2. The van der Waals surface area contributed by atoms with Crippen LogP contribution in [0.4, 0.5) is 0 Å². The molecule has 0 saturated carbocycles. The first-order valence-corrected chi connectivity index (χ1v) is 33.9. The first-order valence-electron chi connectivity index (χ1n) is 33.9. The van der Waals surface area contributed by atoms with Gasteiger partial charge in [0.1, 0.15) is 5.82 Å². The molecule has 6 heterocycles. The lowest BCUT2D eigenvalue weighted by Gasteiger charge is -2.18. The molecular weight excluding hydrogens is 1190 g/mol. The van der Waals surface area contributed by atoms with Gasteiger partial charge in [0.2, 0.25) is 0 Å². The first kappa shape index (κ1) is 59.7. The third-order valence-electron chi connectivity index (χ3n) is 20.3. The van der Waals surface area contributed by atoms with E-state index in [0.717, 1.165) is 102 Å². The minimum Gasteiger partial charge on any atom is -0.309 e. The van der Waals surface area contributed by atoms with E-state index < -0.39 is 0 Å². The lowest BCUT2D eigenvalue weighted by molar-refractivity contribution is 0.989. The average molecular weight is 1270 g/mol. The van der Waals surface area contributed by atoms with Crippen LogP contribution in [0.3, 0.4) is 0 Å². The third-order valence-corrected chi connectivity index (χ3v) is 20.3. The number of hydrogen-bond donors (Lipinski definition) is 0. The topological polar surface area (TPSA) is 71.3 Å². The van der Waals surface area contributed by atoms with Crippen LogP contribution in [0, 0.1) is 69.2 Å². The molecule has 12 aromatic carbocycles. The molecule has 6 aromatic heterocycles. The van der Waals surface area contributed by atoms with Crippen molar-refractivity contribution in [2.45, 2.75) is 69.2 Å². The van der Waals surface area contributed by atoms with Crippen LogP contribution in [0.25, 0.3) is 155 Å². The monoisotopic (exact) mass is 1260 g/mol. The summed E-state index contributed by atoms with van der Waals surface area (Å²) in [5.74, 6) is 1.51. The smallest absolute Gasteiger partial charge is 0.161 e.